The SMILES string of the molecule is CC(C)(C)OC(=O)N1CCC(c2cc(=O)[nH]c3c(-c4cccc(Cl)c4)cnn23)CC1. The van der Waals surface area contributed by atoms with E-state index in [4.69, 9.17) is 16.3 Å². The average molecular weight is 429 g/mol. The number of nitrogens with one attached hydrogen (secondary N) is 1. The molecule has 1 fully saturated rings. The second kappa shape index (κ2) is 7.80. The maximum absolute atomic E-state index is 12.4. The number of H-pyrrole nitrogens is 1. The van der Waals surface area contributed by atoms with Crippen LogP contribution in [0.25, 0.3) is 16.8 Å². The topological polar surface area (TPSA) is 79.7 Å². The smallest absolute Gasteiger partial charge is 0.410 e. The number of halogens is 1. The Morgan fingerprint density at radius 2 is 1.97 bits per heavy atom. The molecule has 2 aromatic heterocycles. The molecule has 1 aliphatic heterocycles. The van der Waals surface area contributed by atoms with Crippen molar-refractivity contribution in [3.63, 3.8) is 0 Å². The molecule has 0 saturated carbocycles. The molecular weight excluding hydrogens is 404 g/mol. The highest BCUT2D eigenvalue weighted by Gasteiger charge is 2.29. The Labute approximate surface area is 179 Å². The Balaban J connectivity index is 1.60. The van der Waals surface area contributed by atoms with Crippen LogP contribution in [0.3, 0.4) is 0 Å². The number of amides is 1. The molecule has 7 nitrogen and oxygen atoms in total. The summed E-state index contributed by atoms with van der Waals surface area (Å²) in [6.07, 6.45) is 2.93. The summed E-state index contributed by atoms with van der Waals surface area (Å²) in [5, 5.41) is 5.17. The predicted octanol–water partition coefficient (Wildman–Crippen LogP) is 4.46. The van der Waals surface area contributed by atoms with Gasteiger partial charge in [-0.15, -0.1) is 0 Å². The maximum atomic E-state index is 12.4. The van der Waals surface area contributed by atoms with Crippen LogP contribution in [0.15, 0.2) is 41.3 Å². The Kier molecular flexibility index (Phi) is 5.32. The second-order valence-corrected chi connectivity index (χ2v) is 9.07. The van der Waals surface area contributed by atoms with Crippen LogP contribution < -0.4 is 5.56 Å². The number of fused-ring (bicyclic) bond motifs is 1. The first-order valence-electron chi connectivity index (χ1n) is 10.1. The number of benzene rings is 1. The highest BCUT2D eigenvalue weighted by Crippen LogP contribution is 2.31. The van der Waals surface area contributed by atoms with Gasteiger partial charge in [0.25, 0.3) is 5.56 Å². The van der Waals surface area contributed by atoms with Crippen molar-refractivity contribution in [2.24, 2.45) is 0 Å². The molecule has 30 heavy (non-hydrogen) atoms. The van der Waals surface area contributed by atoms with Crippen molar-refractivity contribution >= 4 is 23.3 Å². The van der Waals surface area contributed by atoms with Crippen molar-refractivity contribution in [2.45, 2.75) is 45.1 Å². The molecule has 158 valence electrons. The molecule has 8 heteroatoms. The van der Waals surface area contributed by atoms with Crippen molar-refractivity contribution in [2.75, 3.05) is 13.1 Å². The molecule has 4 rings (SSSR count). The molecule has 0 radical (unpaired) electrons. The summed E-state index contributed by atoms with van der Waals surface area (Å²) in [4.78, 5) is 29.4. The summed E-state index contributed by atoms with van der Waals surface area (Å²) >= 11 is 6.13. The van der Waals surface area contributed by atoms with Gasteiger partial charge in [0.15, 0.2) is 0 Å². The fourth-order valence-electron chi connectivity index (χ4n) is 3.86. The first-order valence-corrected chi connectivity index (χ1v) is 10.4. The number of piperidine rings is 1. The molecule has 1 aromatic carbocycles. The van der Waals surface area contributed by atoms with Gasteiger partial charge in [-0.3, -0.25) is 4.79 Å². The first kappa shape index (κ1) is 20.5. The highest BCUT2D eigenvalue weighted by molar-refractivity contribution is 6.30. The lowest BCUT2D eigenvalue weighted by Crippen LogP contribution is -2.41. The molecule has 0 unspecified atom stereocenters. The van der Waals surface area contributed by atoms with Crippen LogP contribution in [-0.4, -0.2) is 44.3 Å². The first-order chi connectivity index (χ1) is 14.2. The summed E-state index contributed by atoms with van der Waals surface area (Å²) in [6, 6.07) is 9.07. The predicted molar refractivity (Wildman–Crippen MR) is 116 cm³/mol. The summed E-state index contributed by atoms with van der Waals surface area (Å²) in [6.45, 7) is 6.74. The monoisotopic (exact) mass is 428 g/mol. The number of aromatic nitrogens is 3. The van der Waals surface area contributed by atoms with Gasteiger partial charge in [0.2, 0.25) is 0 Å². The number of carbonyl (C=O) groups excluding carboxylic acids is 1. The number of nitrogens with zero attached hydrogens (tertiary/aromatic N) is 3. The van der Waals surface area contributed by atoms with Gasteiger partial charge in [-0.05, 0) is 51.3 Å². The number of carbonyl (C=O) groups is 1. The van der Waals surface area contributed by atoms with Gasteiger partial charge >= 0.3 is 6.09 Å². The van der Waals surface area contributed by atoms with E-state index in [0.717, 1.165) is 29.7 Å². The van der Waals surface area contributed by atoms with Crippen LogP contribution in [-0.2, 0) is 4.74 Å². The van der Waals surface area contributed by atoms with Gasteiger partial charge in [-0.1, -0.05) is 23.7 Å². The van der Waals surface area contributed by atoms with Gasteiger partial charge in [0.1, 0.15) is 11.2 Å². The minimum atomic E-state index is -0.515. The molecule has 0 aliphatic carbocycles. The summed E-state index contributed by atoms with van der Waals surface area (Å²) in [5.41, 5.74) is 2.53. The van der Waals surface area contributed by atoms with Gasteiger partial charge in [0, 0.05) is 35.7 Å². The molecule has 3 aromatic rings. The van der Waals surface area contributed by atoms with E-state index < -0.39 is 5.60 Å². The van der Waals surface area contributed by atoms with Crippen LogP contribution in [0.5, 0.6) is 0 Å². The second-order valence-electron chi connectivity index (χ2n) is 8.63. The van der Waals surface area contributed by atoms with E-state index in [1.165, 1.54) is 0 Å². The minimum Gasteiger partial charge on any atom is -0.444 e. The summed E-state index contributed by atoms with van der Waals surface area (Å²) < 4.78 is 7.27. The lowest BCUT2D eigenvalue weighted by Gasteiger charge is -2.33. The number of likely N-dealkylation sites (tertiary alicyclic amines) is 1. The van der Waals surface area contributed by atoms with E-state index in [1.54, 1.807) is 21.7 Å². The van der Waals surface area contributed by atoms with Crippen molar-refractivity contribution in [1.29, 1.82) is 0 Å². The number of aromatic amines is 1. The number of hydrogen-bond donors (Lipinski definition) is 1. The molecular formula is C22H25ClN4O3. The highest BCUT2D eigenvalue weighted by atomic mass is 35.5. The standard InChI is InChI=1S/C22H25ClN4O3/c1-22(2,3)30-21(29)26-9-7-14(8-10-26)18-12-19(28)25-20-17(13-24-27(18)20)15-5-4-6-16(23)11-15/h4-6,11-14H,7-10H2,1-3H3,(H,25,28). The molecule has 0 bridgehead atoms. The van der Waals surface area contributed by atoms with Crippen LogP contribution in [0.1, 0.15) is 45.2 Å². The summed E-state index contributed by atoms with van der Waals surface area (Å²) in [5.74, 6) is 0.126. The van der Waals surface area contributed by atoms with E-state index in [2.05, 4.69) is 10.1 Å². The number of hydrogen-bond acceptors (Lipinski definition) is 4. The van der Waals surface area contributed by atoms with Gasteiger partial charge in [0.05, 0.1) is 11.9 Å². The van der Waals surface area contributed by atoms with E-state index in [9.17, 15) is 9.59 Å². The lowest BCUT2D eigenvalue weighted by atomic mass is 9.93. The lowest BCUT2D eigenvalue weighted by molar-refractivity contribution is 0.0203. The third-order valence-corrected chi connectivity index (χ3v) is 5.47. The molecule has 1 saturated heterocycles. The zero-order valence-corrected chi connectivity index (χ0v) is 18.1. The molecule has 1 N–H and O–H groups in total. The maximum Gasteiger partial charge on any atom is 0.410 e. The van der Waals surface area contributed by atoms with Crippen LogP contribution in [0.4, 0.5) is 4.79 Å². The van der Waals surface area contributed by atoms with Crippen LogP contribution in [0, 0.1) is 0 Å². The number of rotatable bonds is 2. The molecule has 0 atom stereocenters. The average Bonchev–Trinajstić information content (AvgIpc) is 3.10. The van der Waals surface area contributed by atoms with E-state index in [-0.39, 0.29) is 17.6 Å². The van der Waals surface area contributed by atoms with Crippen molar-refractivity contribution in [1.82, 2.24) is 19.5 Å². The zero-order chi connectivity index (χ0) is 21.5. The Morgan fingerprint density at radius 3 is 2.63 bits per heavy atom. The largest absolute Gasteiger partial charge is 0.444 e. The molecule has 0 spiro atoms. The Hall–Kier alpha value is -2.80. The van der Waals surface area contributed by atoms with E-state index >= 15 is 0 Å². The van der Waals surface area contributed by atoms with Crippen molar-refractivity contribution in [3.05, 3.63) is 57.6 Å². The van der Waals surface area contributed by atoms with Crippen LogP contribution >= 0.6 is 11.6 Å². The van der Waals surface area contributed by atoms with Gasteiger partial charge in [-0.2, -0.15) is 5.10 Å². The molecule has 1 aliphatic rings. The van der Waals surface area contributed by atoms with Gasteiger partial charge in [-0.25, -0.2) is 9.31 Å². The number of ether oxygens (including phenoxy) is 1. The quantitative estimate of drug-likeness (QED) is 0.653. The molecule has 3 heterocycles. The van der Waals surface area contributed by atoms with E-state index in [0.29, 0.717) is 23.8 Å². The Morgan fingerprint density at radius 1 is 1.23 bits per heavy atom. The van der Waals surface area contributed by atoms with Crippen LogP contribution in [0.2, 0.25) is 5.02 Å². The van der Waals surface area contributed by atoms with E-state index in [1.807, 2.05) is 45.0 Å². The Bertz CT molecular complexity index is 1140. The zero-order valence-electron chi connectivity index (χ0n) is 17.3. The van der Waals surface area contributed by atoms with Crippen molar-refractivity contribution in [3.8, 4) is 11.1 Å². The third kappa shape index (κ3) is 4.21. The normalized spacial score (nSPS) is 15.5. The fourth-order valence-corrected chi connectivity index (χ4v) is 4.05. The third-order valence-electron chi connectivity index (χ3n) is 5.23. The van der Waals surface area contributed by atoms with Gasteiger partial charge < -0.3 is 14.6 Å². The fraction of sp³-hybridized carbons (Fsp3) is 0.409. The summed E-state index contributed by atoms with van der Waals surface area (Å²) in [7, 11) is 0. The molecule has 1 amide bonds. The van der Waals surface area contributed by atoms with Crippen molar-refractivity contribution < 1.29 is 9.53 Å². The minimum absolute atomic E-state index is 0.126.